The topological polar surface area (TPSA) is 62.5 Å². The van der Waals surface area contributed by atoms with Crippen molar-refractivity contribution in [3.63, 3.8) is 0 Å². The molecule has 0 atom stereocenters. The van der Waals surface area contributed by atoms with Crippen molar-refractivity contribution in [2.24, 2.45) is 0 Å². The summed E-state index contributed by atoms with van der Waals surface area (Å²) in [6.45, 7) is 5.74. The summed E-state index contributed by atoms with van der Waals surface area (Å²) < 4.78 is 5.16. The second-order valence-corrected chi connectivity index (χ2v) is 7.36. The summed E-state index contributed by atoms with van der Waals surface area (Å²) in [4.78, 5) is 21.3. The van der Waals surface area contributed by atoms with Crippen LogP contribution in [-0.2, 0) is 6.54 Å². The van der Waals surface area contributed by atoms with Gasteiger partial charge in [-0.1, -0.05) is 28.9 Å². The fraction of sp³-hybridized carbons (Fsp3) is 0.286. The number of nitrogens with zero attached hydrogens (tertiary/aromatic N) is 4. The maximum absolute atomic E-state index is 12.8. The van der Waals surface area contributed by atoms with Crippen LogP contribution in [0.4, 0.5) is 0 Å². The lowest BCUT2D eigenvalue weighted by atomic mass is 10.1. The first kappa shape index (κ1) is 18.7. The number of aromatic nitrogens is 2. The highest BCUT2D eigenvalue weighted by Crippen LogP contribution is 2.19. The molecule has 1 amide bonds. The standard InChI is InChI=1S/C21H21ClN4O2/c1-15-23-20(28-24-15)17-5-7-18(8-6-17)21(27)26-11-9-25(10-12-26)14-16-3-2-4-19(22)13-16/h2-8,13H,9-12,14H2,1H3. The Morgan fingerprint density at radius 3 is 2.50 bits per heavy atom. The van der Waals surface area contributed by atoms with Gasteiger partial charge in [0, 0.05) is 48.9 Å². The van der Waals surface area contributed by atoms with E-state index in [0.29, 0.717) is 30.4 Å². The maximum Gasteiger partial charge on any atom is 0.257 e. The van der Waals surface area contributed by atoms with Gasteiger partial charge in [0.15, 0.2) is 5.82 Å². The van der Waals surface area contributed by atoms with Crippen LogP contribution < -0.4 is 0 Å². The third-order valence-corrected chi connectivity index (χ3v) is 5.10. The van der Waals surface area contributed by atoms with Gasteiger partial charge in [0.25, 0.3) is 11.8 Å². The van der Waals surface area contributed by atoms with E-state index in [2.05, 4.69) is 21.1 Å². The molecule has 1 fully saturated rings. The van der Waals surface area contributed by atoms with Gasteiger partial charge in [0.1, 0.15) is 0 Å². The van der Waals surface area contributed by atoms with E-state index in [1.54, 1.807) is 6.92 Å². The van der Waals surface area contributed by atoms with Gasteiger partial charge in [-0.2, -0.15) is 4.98 Å². The van der Waals surface area contributed by atoms with E-state index in [9.17, 15) is 4.79 Å². The summed E-state index contributed by atoms with van der Waals surface area (Å²) in [7, 11) is 0. The van der Waals surface area contributed by atoms with Crippen LogP contribution >= 0.6 is 11.6 Å². The highest BCUT2D eigenvalue weighted by atomic mass is 35.5. The molecule has 0 bridgehead atoms. The van der Waals surface area contributed by atoms with E-state index >= 15 is 0 Å². The van der Waals surface area contributed by atoms with Crippen molar-refractivity contribution >= 4 is 17.5 Å². The van der Waals surface area contributed by atoms with Gasteiger partial charge >= 0.3 is 0 Å². The van der Waals surface area contributed by atoms with Gasteiger partial charge in [0.2, 0.25) is 0 Å². The predicted molar refractivity (Wildman–Crippen MR) is 107 cm³/mol. The lowest BCUT2D eigenvalue weighted by Gasteiger charge is -2.34. The molecule has 144 valence electrons. The minimum atomic E-state index is 0.0515. The molecule has 7 heteroatoms. The number of carbonyl (C=O) groups excluding carboxylic acids is 1. The fourth-order valence-corrected chi connectivity index (χ4v) is 3.57. The molecule has 0 spiro atoms. The van der Waals surface area contributed by atoms with E-state index in [1.165, 1.54) is 5.56 Å². The van der Waals surface area contributed by atoms with E-state index in [4.69, 9.17) is 16.1 Å². The second-order valence-electron chi connectivity index (χ2n) is 6.92. The van der Waals surface area contributed by atoms with Crippen molar-refractivity contribution in [1.82, 2.24) is 19.9 Å². The van der Waals surface area contributed by atoms with Crippen LogP contribution in [0, 0.1) is 6.92 Å². The molecule has 1 saturated heterocycles. The van der Waals surface area contributed by atoms with Gasteiger partial charge in [-0.3, -0.25) is 9.69 Å². The number of aryl methyl sites for hydroxylation is 1. The first-order valence-corrected chi connectivity index (χ1v) is 9.63. The Morgan fingerprint density at radius 1 is 1.11 bits per heavy atom. The summed E-state index contributed by atoms with van der Waals surface area (Å²) in [5.41, 5.74) is 2.67. The zero-order valence-electron chi connectivity index (χ0n) is 15.6. The summed E-state index contributed by atoms with van der Waals surface area (Å²) in [6.07, 6.45) is 0. The number of carbonyl (C=O) groups is 1. The maximum atomic E-state index is 12.8. The van der Waals surface area contributed by atoms with Crippen molar-refractivity contribution in [2.75, 3.05) is 26.2 Å². The molecular formula is C21H21ClN4O2. The molecule has 0 unspecified atom stereocenters. The van der Waals surface area contributed by atoms with Crippen LogP contribution in [0.25, 0.3) is 11.5 Å². The summed E-state index contributed by atoms with van der Waals surface area (Å²) in [5, 5.41) is 4.55. The van der Waals surface area contributed by atoms with E-state index in [0.717, 1.165) is 30.2 Å². The largest absolute Gasteiger partial charge is 0.336 e. The van der Waals surface area contributed by atoms with Gasteiger partial charge in [-0.15, -0.1) is 0 Å². The Balaban J connectivity index is 1.34. The van der Waals surface area contributed by atoms with E-state index in [1.807, 2.05) is 47.4 Å². The van der Waals surface area contributed by atoms with Gasteiger partial charge < -0.3 is 9.42 Å². The van der Waals surface area contributed by atoms with Crippen molar-refractivity contribution in [2.45, 2.75) is 13.5 Å². The van der Waals surface area contributed by atoms with Crippen molar-refractivity contribution in [3.8, 4) is 11.5 Å². The van der Waals surface area contributed by atoms with Crippen molar-refractivity contribution < 1.29 is 9.32 Å². The predicted octanol–water partition coefficient (Wildman–Crippen LogP) is 3.66. The molecule has 2 heterocycles. The molecule has 4 rings (SSSR count). The molecule has 28 heavy (non-hydrogen) atoms. The Labute approximate surface area is 168 Å². The summed E-state index contributed by atoms with van der Waals surface area (Å²) >= 11 is 6.06. The van der Waals surface area contributed by atoms with E-state index in [-0.39, 0.29) is 5.91 Å². The van der Waals surface area contributed by atoms with Crippen molar-refractivity contribution in [3.05, 3.63) is 70.5 Å². The lowest BCUT2D eigenvalue weighted by molar-refractivity contribution is 0.0628. The van der Waals surface area contributed by atoms with Gasteiger partial charge in [0.05, 0.1) is 0 Å². The third-order valence-electron chi connectivity index (χ3n) is 4.86. The Morgan fingerprint density at radius 2 is 1.86 bits per heavy atom. The zero-order chi connectivity index (χ0) is 19.5. The molecule has 3 aromatic rings. The summed E-state index contributed by atoms with van der Waals surface area (Å²) in [6, 6.07) is 15.2. The lowest BCUT2D eigenvalue weighted by Crippen LogP contribution is -2.48. The number of hydrogen-bond acceptors (Lipinski definition) is 5. The quantitative estimate of drug-likeness (QED) is 0.673. The Bertz CT molecular complexity index is 963. The molecule has 1 aliphatic rings. The van der Waals surface area contributed by atoms with Crippen LogP contribution in [-0.4, -0.2) is 52.0 Å². The van der Waals surface area contributed by atoms with Gasteiger partial charge in [-0.05, 0) is 48.9 Å². The first-order chi connectivity index (χ1) is 13.6. The zero-order valence-corrected chi connectivity index (χ0v) is 16.4. The molecule has 0 saturated carbocycles. The molecule has 1 aliphatic heterocycles. The number of benzene rings is 2. The molecule has 0 radical (unpaired) electrons. The SMILES string of the molecule is Cc1noc(-c2ccc(C(=O)N3CCN(Cc4cccc(Cl)c4)CC3)cc2)n1. The molecule has 0 N–H and O–H groups in total. The molecule has 6 nitrogen and oxygen atoms in total. The number of amides is 1. The molecule has 2 aromatic carbocycles. The van der Waals surface area contributed by atoms with E-state index < -0.39 is 0 Å². The van der Waals surface area contributed by atoms with Crippen LogP contribution in [0.5, 0.6) is 0 Å². The minimum Gasteiger partial charge on any atom is -0.336 e. The fourth-order valence-electron chi connectivity index (χ4n) is 3.35. The average Bonchev–Trinajstić information content (AvgIpc) is 3.15. The number of piperazine rings is 1. The Hall–Kier alpha value is -2.70. The van der Waals surface area contributed by atoms with Crippen LogP contribution in [0.3, 0.4) is 0 Å². The summed E-state index contributed by atoms with van der Waals surface area (Å²) in [5.74, 6) is 1.10. The molecular weight excluding hydrogens is 376 g/mol. The third kappa shape index (κ3) is 4.24. The van der Waals surface area contributed by atoms with Crippen LogP contribution in [0.2, 0.25) is 5.02 Å². The minimum absolute atomic E-state index is 0.0515. The van der Waals surface area contributed by atoms with Crippen molar-refractivity contribution in [1.29, 1.82) is 0 Å². The average molecular weight is 397 g/mol. The normalized spacial score (nSPS) is 15.0. The highest BCUT2D eigenvalue weighted by molar-refractivity contribution is 6.30. The smallest absolute Gasteiger partial charge is 0.257 e. The second kappa shape index (κ2) is 8.12. The Kier molecular flexibility index (Phi) is 5.41. The first-order valence-electron chi connectivity index (χ1n) is 9.25. The molecule has 0 aliphatic carbocycles. The molecule has 1 aromatic heterocycles. The number of halogens is 1. The van der Waals surface area contributed by atoms with Gasteiger partial charge in [-0.25, -0.2) is 0 Å². The highest BCUT2D eigenvalue weighted by Gasteiger charge is 2.22. The van der Waals surface area contributed by atoms with Crippen LogP contribution in [0.15, 0.2) is 53.1 Å². The number of rotatable bonds is 4. The number of hydrogen-bond donors (Lipinski definition) is 0. The monoisotopic (exact) mass is 396 g/mol. The van der Waals surface area contributed by atoms with Crippen LogP contribution in [0.1, 0.15) is 21.7 Å².